The first kappa shape index (κ1) is 116. The van der Waals surface area contributed by atoms with Gasteiger partial charge in [0.2, 0.25) is 5.91 Å². The molecule has 0 aliphatic carbocycles. The Morgan fingerprint density at radius 1 is 0.389 bits per heavy atom. The molecule has 17 nitrogen and oxygen atoms in total. The van der Waals surface area contributed by atoms with Crippen molar-refractivity contribution >= 4 is 5.91 Å². The zero-order valence-corrected chi connectivity index (χ0v) is 75.4. The highest BCUT2D eigenvalue weighted by molar-refractivity contribution is 5.79. The van der Waals surface area contributed by atoms with Crippen molar-refractivity contribution < 1.29 is 9.32 Å². The Hall–Kier alpha value is -8.18. The van der Waals surface area contributed by atoms with Crippen LogP contribution in [0.15, 0.2) is 170 Å². The lowest BCUT2D eigenvalue weighted by Crippen LogP contribution is -2.55. The van der Waals surface area contributed by atoms with Gasteiger partial charge in [0.25, 0.3) is 0 Å². The maximum atomic E-state index is 11.5. The summed E-state index contributed by atoms with van der Waals surface area (Å²) in [6.07, 6.45) is 27.4. The van der Waals surface area contributed by atoms with Crippen LogP contribution in [0, 0.1) is 6.92 Å². The Kier molecular flexibility index (Phi) is 81.0. The van der Waals surface area contributed by atoms with E-state index in [1.54, 1.807) is 31.1 Å². The monoisotopic (exact) mass is 1500 g/mol. The van der Waals surface area contributed by atoms with Crippen molar-refractivity contribution in [2.75, 3.05) is 26.7 Å². The lowest BCUT2D eigenvalue weighted by atomic mass is 10.0. The van der Waals surface area contributed by atoms with Gasteiger partial charge in [0.05, 0.1) is 29.8 Å². The fourth-order valence-corrected chi connectivity index (χ4v) is 7.76. The zero-order chi connectivity index (χ0) is 84.1. The summed E-state index contributed by atoms with van der Waals surface area (Å²) in [4.78, 5) is 47.7. The summed E-state index contributed by atoms with van der Waals surface area (Å²) in [5, 5.41) is 12.1. The van der Waals surface area contributed by atoms with Crippen molar-refractivity contribution in [1.82, 2.24) is 74.4 Å². The number of aromatic nitrogens is 13. The summed E-state index contributed by atoms with van der Waals surface area (Å²) >= 11 is 0. The van der Waals surface area contributed by atoms with Crippen molar-refractivity contribution in [2.24, 2.45) is 14.1 Å². The molecule has 0 spiro atoms. The molecule has 1 amide bonds. The average Bonchev–Trinajstić information content (AvgIpc) is 1.16. The van der Waals surface area contributed by atoms with Crippen LogP contribution in [0.3, 0.4) is 0 Å². The Labute approximate surface area is 664 Å². The molecule has 0 unspecified atom stereocenters. The van der Waals surface area contributed by atoms with Crippen molar-refractivity contribution in [3.8, 4) is 0 Å². The standard InChI is InChI=1S/C9H18N2O.4C8H11N.C7H12N2.C7H10N2.C7H12N2.C7H10N2.C7H11NO.7C2H6.CH4/c1-9(2,3)11-6-5-10(4)7-8(11)12;1-7(2)8-3-5-9-6-4-8;1-7(2)8-4-3-5-9-6-8;2*1-7(2)8-5-3-4-6-9-8;1-6(2)7-4-8-9(3)5-7;1-6(2)7-3-8-5-9-4-7;1-6(2)7-4-5-9(3)8-7;1-6(2)7-5-8-3-4-9-7;1-5(2)7-4-6(3)9-8-7;7*1-2;/h5-7H2,1-4H3;4*3-7H,1-2H3;4-6H,1-3H3;3-6H,1-2H3;4-6H,1-3H3;3-6H,1-2H3;4-5H,1-3H3;7*1-2H3;1H4. The fraction of sp³-hybridized carbons (Fsp3) is 0.582. The normalized spacial score (nSPS) is 10.5. The number of piperazine rings is 1. The number of carbonyl (C=O) groups is 1. The predicted molar refractivity (Wildman–Crippen MR) is 471 cm³/mol. The first-order valence-electron chi connectivity index (χ1n) is 39.9. The third-order valence-electron chi connectivity index (χ3n) is 13.9. The van der Waals surface area contributed by atoms with Crippen LogP contribution in [0.1, 0.15) is 360 Å². The van der Waals surface area contributed by atoms with Gasteiger partial charge in [0, 0.05) is 131 Å². The first-order valence-corrected chi connectivity index (χ1v) is 39.9. The average molecular weight is 1500 g/mol. The number of hydrogen-bond donors (Lipinski definition) is 0. The fourth-order valence-electron chi connectivity index (χ4n) is 7.76. The molecule has 1 aliphatic rings. The Bertz CT molecular complexity index is 2770. The summed E-state index contributed by atoms with van der Waals surface area (Å²) in [5.41, 5.74) is 10.7. The number of rotatable bonds is 9. The number of pyridine rings is 4. The van der Waals surface area contributed by atoms with Crippen molar-refractivity contribution in [3.05, 3.63) is 222 Å². The molecule has 1 saturated heterocycles. The van der Waals surface area contributed by atoms with E-state index in [0.717, 1.165) is 47.3 Å². The van der Waals surface area contributed by atoms with Crippen LogP contribution < -0.4 is 0 Å². The highest BCUT2D eigenvalue weighted by Gasteiger charge is 2.30. The first-order chi connectivity index (χ1) is 50.8. The van der Waals surface area contributed by atoms with Gasteiger partial charge in [0.15, 0.2) is 0 Å². The van der Waals surface area contributed by atoms with Crippen LogP contribution >= 0.6 is 0 Å². The maximum Gasteiger partial charge on any atom is 0.237 e. The molecule has 1 fully saturated rings. The second-order valence-corrected chi connectivity index (χ2v) is 26.4. The number of hydrogen-bond acceptors (Lipinski definition) is 14. The predicted octanol–water partition coefficient (Wildman–Crippen LogP) is 25.6. The Morgan fingerprint density at radius 2 is 0.824 bits per heavy atom. The Morgan fingerprint density at radius 3 is 1.06 bits per heavy atom. The Balaban J connectivity index is -0.000000168. The van der Waals surface area contributed by atoms with Gasteiger partial charge in [-0.05, 0) is 159 Å². The largest absolute Gasteiger partial charge is 0.361 e. The van der Waals surface area contributed by atoms with Gasteiger partial charge in [-0.3, -0.25) is 49.0 Å². The molecule has 0 bridgehead atoms. The number of nitrogens with zero attached hydrogens (tertiary/aromatic N) is 15. The van der Waals surface area contributed by atoms with E-state index in [4.69, 9.17) is 4.52 Å². The highest BCUT2D eigenvalue weighted by atomic mass is 16.5. The summed E-state index contributed by atoms with van der Waals surface area (Å²) < 4.78 is 8.53. The number of aryl methyl sites for hydroxylation is 3. The smallest absolute Gasteiger partial charge is 0.237 e. The molecule has 10 rings (SSSR count). The quantitative estimate of drug-likeness (QED) is 0.133. The van der Waals surface area contributed by atoms with Crippen molar-refractivity contribution in [2.45, 2.75) is 315 Å². The van der Waals surface area contributed by atoms with Crippen molar-refractivity contribution in [3.63, 3.8) is 0 Å². The molecule has 9 aromatic heterocycles. The zero-order valence-electron chi connectivity index (χ0n) is 75.4. The third kappa shape index (κ3) is 61.8. The summed E-state index contributed by atoms with van der Waals surface area (Å²) in [6, 6.07) is 24.2. The second-order valence-electron chi connectivity index (χ2n) is 26.4. The molecule has 108 heavy (non-hydrogen) atoms. The molecular formula is C91H163N15O2. The van der Waals surface area contributed by atoms with Crippen molar-refractivity contribution in [1.29, 1.82) is 0 Å². The second kappa shape index (κ2) is 75.6. The van der Waals surface area contributed by atoms with E-state index in [2.05, 4.69) is 212 Å². The van der Waals surface area contributed by atoms with Crippen LogP contribution in [0.4, 0.5) is 0 Å². The SMILES string of the molecule is C.CC.CC.CC.CC.CC.CC.CC.CC(C)c1ccccn1.CC(C)c1ccccn1.CC(C)c1cccnc1.CC(C)c1ccn(C)n1.CC(C)c1ccncc1.CC(C)c1cnccn1.CC(C)c1cncnc1.CC(C)c1cnn(C)c1.CN1CCN(C(C)(C)C)C(=O)C1.Cc1cc(C(C)C)no1. The van der Waals surface area contributed by atoms with Crippen LogP contribution in [-0.2, 0) is 18.9 Å². The molecule has 0 N–H and O–H groups in total. The van der Waals surface area contributed by atoms with Crippen LogP contribution in [-0.4, -0.2) is 113 Å². The molecule has 0 saturated carbocycles. The number of likely N-dealkylation sites (N-methyl/N-ethyl adjacent to an activating group) is 1. The molecule has 17 heteroatoms. The van der Waals surface area contributed by atoms with Crippen LogP contribution in [0.2, 0.25) is 0 Å². The minimum Gasteiger partial charge on any atom is -0.361 e. The molecule has 9 aromatic rings. The number of amides is 1. The minimum atomic E-state index is -0.0155. The molecule has 614 valence electrons. The van der Waals surface area contributed by atoms with E-state index < -0.39 is 0 Å². The van der Waals surface area contributed by atoms with E-state index >= 15 is 0 Å². The topological polar surface area (TPSA) is 188 Å². The molecule has 1 aliphatic heterocycles. The molecule has 10 heterocycles. The molecular weight excluding hydrogens is 1340 g/mol. The van der Waals surface area contributed by atoms with Gasteiger partial charge in [-0.25, -0.2) is 9.97 Å². The molecule has 0 radical (unpaired) electrons. The lowest BCUT2D eigenvalue weighted by Gasteiger charge is -2.41. The molecule has 0 atom stereocenters. The van der Waals surface area contributed by atoms with E-state index in [1.807, 2.05) is 268 Å². The minimum absolute atomic E-state index is 0. The van der Waals surface area contributed by atoms with Crippen LogP contribution in [0.25, 0.3) is 0 Å². The van der Waals surface area contributed by atoms with Crippen LogP contribution in [0.5, 0.6) is 0 Å². The van der Waals surface area contributed by atoms with Gasteiger partial charge in [-0.15, -0.1) is 0 Å². The highest BCUT2D eigenvalue weighted by Crippen LogP contribution is 2.18. The van der Waals surface area contributed by atoms with E-state index in [0.29, 0.717) is 59.8 Å². The third-order valence-corrected chi connectivity index (χ3v) is 13.9. The summed E-state index contributed by atoms with van der Waals surface area (Å²) in [6.45, 7) is 77.0. The van der Waals surface area contributed by atoms with Gasteiger partial charge >= 0.3 is 0 Å². The van der Waals surface area contributed by atoms with Gasteiger partial charge in [-0.2, -0.15) is 10.2 Å². The number of carbonyl (C=O) groups excluding carboxylic acids is 1. The maximum absolute atomic E-state index is 11.5. The van der Waals surface area contributed by atoms with Gasteiger partial charge in [-0.1, -0.05) is 252 Å². The summed E-state index contributed by atoms with van der Waals surface area (Å²) in [7, 11) is 5.86. The van der Waals surface area contributed by atoms with E-state index in [9.17, 15) is 4.79 Å². The summed E-state index contributed by atoms with van der Waals surface area (Å²) in [5.74, 6) is 6.08. The van der Waals surface area contributed by atoms with E-state index in [1.165, 1.54) is 22.3 Å². The van der Waals surface area contributed by atoms with E-state index in [-0.39, 0.29) is 18.9 Å². The van der Waals surface area contributed by atoms with Gasteiger partial charge in [0.1, 0.15) is 12.1 Å². The molecule has 0 aromatic carbocycles. The lowest BCUT2D eigenvalue weighted by molar-refractivity contribution is -0.140. The van der Waals surface area contributed by atoms with Gasteiger partial charge < -0.3 is 9.42 Å².